The predicted molar refractivity (Wildman–Crippen MR) is 101 cm³/mol. The van der Waals surface area contributed by atoms with Crippen LogP contribution in [0.2, 0.25) is 0 Å². The Morgan fingerprint density at radius 2 is 1.63 bits per heavy atom. The minimum Gasteiger partial charge on any atom is -0.326 e. The van der Waals surface area contributed by atoms with Crippen molar-refractivity contribution in [2.45, 2.75) is 19.4 Å². The van der Waals surface area contributed by atoms with Crippen molar-refractivity contribution >= 4 is 33.2 Å². The van der Waals surface area contributed by atoms with Crippen LogP contribution in [0.4, 0.5) is 15.8 Å². The maximum absolute atomic E-state index is 13.1. The molecule has 7 nitrogen and oxygen atoms in total. The fourth-order valence-corrected chi connectivity index (χ4v) is 3.19. The summed E-state index contributed by atoms with van der Waals surface area (Å²) in [5.41, 5.74) is 1.43. The van der Waals surface area contributed by atoms with Gasteiger partial charge in [-0.2, -0.15) is 0 Å². The van der Waals surface area contributed by atoms with E-state index in [1.54, 1.807) is 24.3 Å². The molecule has 0 spiro atoms. The van der Waals surface area contributed by atoms with Gasteiger partial charge in [0.15, 0.2) is 0 Å². The largest absolute Gasteiger partial charge is 0.326 e. The van der Waals surface area contributed by atoms with Crippen LogP contribution in [0.3, 0.4) is 0 Å². The first-order valence-corrected chi connectivity index (χ1v) is 9.92. The number of sulfonamides is 1. The SMILES string of the molecule is CC(=O)Nc1cccc(NC(=O)C[C@H](NS(C)(=O)=O)c2ccc(F)cc2)c1. The van der Waals surface area contributed by atoms with Crippen molar-refractivity contribution in [1.29, 1.82) is 0 Å². The number of rotatable bonds is 7. The maximum Gasteiger partial charge on any atom is 0.226 e. The van der Waals surface area contributed by atoms with Gasteiger partial charge in [0.1, 0.15) is 5.82 Å². The lowest BCUT2D eigenvalue weighted by Gasteiger charge is -2.18. The molecule has 27 heavy (non-hydrogen) atoms. The lowest BCUT2D eigenvalue weighted by atomic mass is 10.0. The first kappa shape index (κ1) is 20.5. The Morgan fingerprint density at radius 3 is 2.19 bits per heavy atom. The van der Waals surface area contributed by atoms with Crippen molar-refractivity contribution in [3.63, 3.8) is 0 Å². The van der Waals surface area contributed by atoms with Crippen molar-refractivity contribution in [2.75, 3.05) is 16.9 Å². The van der Waals surface area contributed by atoms with E-state index in [-0.39, 0.29) is 12.3 Å². The number of hydrogen-bond acceptors (Lipinski definition) is 4. The second-order valence-corrected chi connectivity index (χ2v) is 7.79. The van der Waals surface area contributed by atoms with Crippen molar-refractivity contribution in [2.24, 2.45) is 0 Å². The average molecular weight is 393 g/mol. The van der Waals surface area contributed by atoms with Gasteiger partial charge in [-0.05, 0) is 35.9 Å². The summed E-state index contributed by atoms with van der Waals surface area (Å²) in [7, 11) is -3.59. The summed E-state index contributed by atoms with van der Waals surface area (Å²) in [6.07, 6.45) is 0.793. The molecule has 2 aromatic carbocycles. The normalized spacial score (nSPS) is 12.3. The van der Waals surface area contributed by atoms with E-state index in [4.69, 9.17) is 0 Å². The molecule has 0 radical (unpaired) electrons. The minimum atomic E-state index is -3.59. The lowest BCUT2D eigenvalue weighted by Crippen LogP contribution is -2.30. The average Bonchev–Trinajstić information content (AvgIpc) is 2.53. The number of nitrogens with one attached hydrogen (secondary N) is 3. The van der Waals surface area contributed by atoms with Crippen LogP contribution < -0.4 is 15.4 Å². The molecule has 0 unspecified atom stereocenters. The van der Waals surface area contributed by atoms with Crippen LogP contribution in [0.5, 0.6) is 0 Å². The minimum absolute atomic E-state index is 0.191. The Balaban J connectivity index is 2.13. The van der Waals surface area contributed by atoms with Crippen LogP contribution >= 0.6 is 0 Å². The number of hydrogen-bond donors (Lipinski definition) is 3. The van der Waals surface area contributed by atoms with Crippen LogP contribution in [0, 0.1) is 5.82 Å². The molecule has 0 heterocycles. The highest BCUT2D eigenvalue weighted by atomic mass is 32.2. The highest BCUT2D eigenvalue weighted by molar-refractivity contribution is 7.88. The van der Waals surface area contributed by atoms with Gasteiger partial charge in [-0.15, -0.1) is 0 Å². The molecule has 2 rings (SSSR count). The molecule has 0 aromatic heterocycles. The van der Waals surface area contributed by atoms with Crippen molar-refractivity contribution < 1.29 is 22.4 Å². The fourth-order valence-electron chi connectivity index (χ4n) is 2.46. The summed E-state index contributed by atoms with van der Waals surface area (Å²) in [5.74, 6) is -1.15. The Kier molecular flexibility index (Phi) is 6.65. The molecule has 0 saturated carbocycles. The smallest absolute Gasteiger partial charge is 0.226 e. The summed E-state index contributed by atoms with van der Waals surface area (Å²) in [6.45, 7) is 1.37. The second-order valence-electron chi connectivity index (χ2n) is 6.01. The monoisotopic (exact) mass is 393 g/mol. The third kappa shape index (κ3) is 7.16. The summed E-state index contributed by atoms with van der Waals surface area (Å²) in [5, 5.41) is 5.26. The summed E-state index contributed by atoms with van der Waals surface area (Å²) in [4.78, 5) is 23.5. The number of anilines is 2. The Morgan fingerprint density at radius 1 is 1.04 bits per heavy atom. The first-order chi connectivity index (χ1) is 12.6. The van der Waals surface area contributed by atoms with Gasteiger partial charge in [-0.25, -0.2) is 17.5 Å². The highest BCUT2D eigenvalue weighted by Crippen LogP contribution is 2.20. The van der Waals surface area contributed by atoms with Gasteiger partial charge >= 0.3 is 0 Å². The van der Waals surface area contributed by atoms with Crippen molar-refractivity contribution in [3.8, 4) is 0 Å². The molecule has 144 valence electrons. The van der Waals surface area contributed by atoms with Crippen LogP contribution in [-0.4, -0.2) is 26.5 Å². The van der Waals surface area contributed by atoms with Gasteiger partial charge in [0.2, 0.25) is 21.8 Å². The number of amides is 2. The number of benzene rings is 2. The van der Waals surface area contributed by atoms with E-state index in [0.717, 1.165) is 6.26 Å². The molecule has 0 fully saturated rings. The summed E-state index contributed by atoms with van der Waals surface area (Å²) < 4.78 is 38.7. The van der Waals surface area contributed by atoms with Crippen LogP contribution in [0.25, 0.3) is 0 Å². The molecular formula is C18H20FN3O4S. The molecule has 0 aliphatic rings. The standard InChI is InChI=1S/C18H20FN3O4S/c1-12(23)20-15-4-3-5-16(10-15)21-18(24)11-17(22-27(2,25)26)13-6-8-14(19)9-7-13/h3-10,17,22H,11H2,1-2H3,(H,20,23)(H,21,24)/t17-/m0/s1. The van der Waals surface area contributed by atoms with Gasteiger partial charge in [0, 0.05) is 24.7 Å². The zero-order valence-corrected chi connectivity index (χ0v) is 15.6. The van der Waals surface area contributed by atoms with E-state index < -0.39 is 27.8 Å². The molecule has 0 aliphatic carbocycles. The molecule has 3 N–H and O–H groups in total. The number of halogens is 1. The molecule has 0 saturated heterocycles. The van der Waals surface area contributed by atoms with Crippen LogP contribution in [-0.2, 0) is 19.6 Å². The van der Waals surface area contributed by atoms with Gasteiger partial charge in [0.25, 0.3) is 0 Å². The number of carbonyl (C=O) groups is 2. The predicted octanol–water partition coefficient (Wildman–Crippen LogP) is 2.40. The van der Waals surface area contributed by atoms with E-state index in [2.05, 4.69) is 15.4 Å². The molecular weight excluding hydrogens is 373 g/mol. The van der Waals surface area contributed by atoms with Crippen molar-refractivity contribution in [3.05, 3.63) is 59.9 Å². The molecule has 1 atom stereocenters. The Hall–Kier alpha value is -2.78. The van der Waals surface area contributed by atoms with Gasteiger partial charge in [0.05, 0.1) is 12.3 Å². The quantitative estimate of drug-likeness (QED) is 0.672. The number of carbonyl (C=O) groups excluding carboxylic acids is 2. The third-order valence-corrected chi connectivity index (χ3v) is 4.20. The first-order valence-electron chi connectivity index (χ1n) is 8.02. The van der Waals surface area contributed by atoms with E-state index in [9.17, 15) is 22.4 Å². The van der Waals surface area contributed by atoms with Crippen LogP contribution in [0.15, 0.2) is 48.5 Å². The van der Waals surface area contributed by atoms with E-state index in [1.165, 1.54) is 31.2 Å². The molecule has 9 heteroatoms. The third-order valence-electron chi connectivity index (χ3n) is 3.48. The Labute approximate surface area is 157 Å². The molecule has 0 aliphatic heterocycles. The van der Waals surface area contributed by atoms with E-state index in [1.807, 2.05) is 0 Å². The summed E-state index contributed by atoms with van der Waals surface area (Å²) in [6, 6.07) is 10.9. The zero-order valence-electron chi connectivity index (χ0n) is 14.8. The molecule has 2 aromatic rings. The Bertz CT molecular complexity index is 930. The van der Waals surface area contributed by atoms with Crippen LogP contribution in [0.1, 0.15) is 24.9 Å². The van der Waals surface area contributed by atoms with E-state index >= 15 is 0 Å². The lowest BCUT2D eigenvalue weighted by molar-refractivity contribution is -0.116. The fraction of sp³-hybridized carbons (Fsp3) is 0.222. The topological polar surface area (TPSA) is 104 Å². The van der Waals surface area contributed by atoms with Gasteiger partial charge < -0.3 is 10.6 Å². The maximum atomic E-state index is 13.1. The highest BCUT2D eigenvalue weighted by Gasteiger charge is 2.20. The summed E-state index contributed by atoms with van der Waals surface area (Å²) >= 11 is 0. The zero-order chi connectivity index (χ0) is 20.0. The van der Waals surface area contributed by atoms with Gasteiger partial charge in [-0.1, -0.05) is 18.2 Å². The molecule has 0 bridgehead atoms. The van der Waals surface area contributed by atoms with Gasteiger partial charge in [-0.3, -0.25) is 9.59 Å². The van der Waals surface area contributed by atoms with E-state index in [0.29, 0.717) is 16.9 Å². The second kappa shape index (κ2) is 8.74. The molecule has 2 amide bonds. The van der Waals surface area contributed by atoms with Crippen molar-refractivity contribution in [1.82, 2.24) is 4.72 Å².